The molecule has 3 rings (SSSR count). The summed E-state index contributed by atoms with van der Waals surface area (Å²) in [7, 11) is 4.31. The highest BCUT2D eigenvalue weighted by atomic mass is 15.3. The van der Waals surface area contributed by atoms with E-state index in [9.17, 15) is 0 Å². The summed E-state index contributed by atoms with van der Waals surface area (Å²) in [6.07, 6.45) is 9.91. The maximum Gasteiger partial charge on any atom is 0.0540 e. The molecule has 112 valence electrons. The maximum absolute atomic E-state index is 4.43. The monoisotopic (exact) mass is 276 g/mol. The maximum atomic E-state index is 4.43. The zero-order valence-electron chi connectivity index (χ0n) is 12.9. The van der Waals surface area contributed by atoms with E-state index < -0.39 is 0 Å². The lowest BCUT2D eigenvalue weighted by atomic mass is 9.91. The second-order valence-electron chi connectivity index (χ2n) is 6.60. The van der Waals surface area contributed by atoms with Crippen molar-refractivity contribution in [2.45, 2.75) is 44.6 Å². The number of aromatic nitrogens is 2. The molecule has 1 N–H and O–H groups in total. The zero-order chi connectivity index (χ0) is 13.9. The third-order valence-corrected chi connectivity index (χ3v) is 5.16. The number of hydrogen-bond donors (Lipinski definition) is 1. The Hall–Kier alpha value is -0.870. The highest BCUT2D eigenvalue weighted by molar-refractivity contribution is 5.24. The molecule has 1 aromatic heterocycles. The molecule has 0 amide bonds. The number of likely N-dealkylation sites (tertiary alicyclic amines) is 1. The number of rotatable bonds is 4. The fourth-order valence-corrected chi connectivity index (χ4v) is 3.73. The van der Waals surface area contributed by atoms with Crippen LogP contribution in [0.2, 0.25) is 0 Å². The van der Waals surface area contributed by atoms with Crippen molar-refractivity contribution in [3.05, 3.63) is 17.5 Å². The van der Waals surface area contributed by atoms with Gasteiger partial charge in [-0.1, -0.05) is 0 Å². The van der Waals surface area contributed by atoms with Crippen LogP contribution in [0.1, 0.15) is 49.4 Å². The summed E-state index contributed by atoms with van der Waals surface area (Å²) in [6.45, 7) is 3.72. The van der Waals surface area contributed by atoms with Crippen LogP contribution in [-0.4, -0.2) is 41.4 Å². The molecule has 1 unspecified atom stereocenters. The Labute approximate surface area is 122 Å². The van der Waals surface area contributed by atoms with E-state index in [-0.39, 0.29) is 0 Å². The number of nitrogens with one attached hydrogen (secondary N) is 1. The first-order valence-electron chi connectivity index (χ1n) is 8.16. The van der Waals surface area contributed by atoms with Crippen LogP contribution in [0.3, 0.4) is 0 Å². The second-order valence-corrected chi connectivity index (χ2v) is 6.60. The molecule has 0 radical (unpaired) electrons. The van der Waals surface area contributed by atoms with Gasteiger partial charge in [0.15, 0.2) is 0 Å². The van der Waals surface area contributed by atoms with Crippen LogP contribution in [0.5, 0.6) is 0 Å². The molecular formula is C16H28N4. The van der Waals surface area contributed by atoms with Gasteiger partial charge in [0.25, 0.3) is 0 Å². The lowest BCUT2D eigenvalue weighted by molar-refractivity contribution is 0.210. The fourth-order valence-electron chi connectivity index (χ4n) is 3.73. The first-order chi connectivity index (χ1) is 9.74. The van der Waals surface area contributed by atoms with Gasteiger partial charge < -0.3 is 10.2 Å². The molecule has 0 bridgehead atoms. The first-order valence-corrected chi connectivity index (χ1v) is 8.16. The topological polar surface area (TPSA) is 33.1 Å². The SMILES string of the molecule is CN1CCC(CCNC2CCCc3c2cnn3C)CC1. The molecule has 2 aliphatic rings. The minimum atomic E-state index is 0.540. The minimum absolute atomic E-state index is 0.540. The summed E-state index contributed by atoms with van der Waals surface area (Å²) in [6, 6.07) is 0.540. The normalized spacial score (nSPS) is 24.8. The molecular weight excluding hydrogens is 248 g/mol. The van der Waals surface area contributed by atoms with Crippen molar-refractivity contribution in [3.63, 3.8) is 0 Å². The largest absolute Gasteiger partial charge is 0.310 e. The molecule has 1 saturated heterocycles. The van der Waals surface area contributed by atoms with Crippen LogP contribution in [0.25, 0.3) is 0 Å². The molecule has 1 aromatic rings. The molecule has 20 heavy (non-hydrogen) atoms. The molecule has 1 fully saturated rings. The number of piperidine rings is 1. The lowest BCUT2D eigenvalue weighted by Crippen LogP contribution is -2.32. The number of hydrogen-bond acceptors (Lipinski definition) is 3. The average Bonchev–Trinajstić information content (AvgIpc) is 2.84. The summed E-state index contributed by atoms with van der Waals surface area (Å²) in [5.41, 5.74) is 2.88. The van der Waals surface area contributed by atoms with E-state index in [0.717, 1.165) is 12.5 Å². The van der Waals surface area contributed by atoms with E-state index in [1.54, 1.807) is 0 Å². The predicted molar refractivity (Wildman–Crippen MR) is 81.7 cm³/mol. The van der Waals surface area contributed by atoms with Gasteiger partial charge in [0, 0.05) is 24.3 Å². The highest BCUT2D eigenvalue weighted by Gasteiger charge is 2.23. The van der Waals surface area contributed by atoms with Gasteiger partial charge >= 0.3 is 0 Å². The Morgan fingerprint density at radius 1 is 1.25 bits per heavy atom. The summed E-state index contributed by atoms with van der Waals surface area (Å²) in [5, 5.41) is 8.21. The molecule has 0 saturated carbocycles. The molecule has 1 aliphatic carbocycles. The standard InChI is InChI=1S/C16H28N4/c1-19-10-7-13(8-11-19)6-9-17-15-4-3-5-16-14(15)12-18-20(16)2/h12-13,15,17H,3-11H2,1-2H3. The van der Waals surface area contributed by atoms with Gasteiger partial charge in [-0.3, -0.25) is 4.68 Å². The molecule has 0 aromatic carbocycles. The summed E-state index contributed by atoms with van der Waals surface area (Å²) >= 11 is 0. The van der Waals surface area contributed by atoms with Gasteiger partial charge in [-0.2, -0.15) is 5.10 Å². The molecule has 4 nitrogen and oxygen atoms in total. The van der Waals surface area contributed by atoms with Crippen molar-refractivity contribution in [1.29, 1.82) is 0 Å². The van der Waals surface area contributed by atoms with Crippen LogP contribution < -0.4 is 5.32 Å². The van der Waals surface area contributed by atoms with Crippen molar-refractivity contribution in [2.75, 3.05) is 26.7 Å². The molecule has 4 heteroatoms. The van der Waals surface area contributed by atoms with Gasteiger partial charge in [0.05, 0.1) is 6.20 Å². The summed E-state index contributed by atoms with van der Waals surface area (Å²) in [5.74, 6) is 0.927. The zero-order valence-corrected chi connectivity index (χ0v) is 12.9. The predicted octanol–water partition coefficient (Wildman–Crippen LogP) is 2.12. The highest BCUT2D eigenvalue weighted by Crippen LogP contribution is 2.29. The average molecular weight is 276 g/mol. The van der Waals surface area contributed by atoms with Crippen molar-refractivity contribution in [3.8, 4) is 0 Å². The minimum Gasteiger partial charge on any atom is -0.310 e. The third-order valence-electron chi connectivity index (χ3n) is 5.16. The van der Waals surface area contributed by atoms with Crippen molar-refractivity contribution < 1.29 is 0 Å². The van der Waals surface area contributed by atoms with E-state index in [1.165, 1.54) is 62.9 Å². The van der Waals surface area contributed by atoms with E-state index in [1.807, 2.05) is 0 Å². The van der Waals surface area contributed by atoms with E-state index in [2.05, 4.69) is 40.3 Å². The van der Waals surface area contributed by atoms with Crippen LogP contribution in [-0.2, 0) is 13.5 Å². The van der Waals surface area contributed by atoms with Crippen LogP contribution in [0.15, 0.2) is 6.20 Å². The van der Waals surface area contributed by atoms with Crippen LogP contribution in [0, 0.1) is 5.92 Å². The second kappa shape index (κ2) is 6.27. The van der Waals surface area contributed by atoms with Gasteiger partial charge in [-0.05, 0) is 71.1 Å². The van der Waals surface area contributed by atoms with Gasteiger partial charge in [-0.15, -0.1) is 0 Å². The third kappa shape index (κ3) is 3.07. The number of nitrogens with zero attached hydrogens (tertiary/aromatic N) is 3. The Balaban J connectivity index is 1.47. The Kier molecular flexibility index (Phi) is 4.41. The Bertz CT molecular complexity index is 432. The van der Waals surface area contributed by atoms with Gasteiger partial charge in [0.1, 0.15) is 0 Å². The Morgan fingerprint density at radius 3 is 2.85 bits per heavy atom. The van der Waals surface area contributed by atoms with Crippen molar-refractivity contribution in [2.24, 2.45) is 13.0 Å². The smallest absolute Gasteiger partial charge is 0.0540 e. The van der Waals surface area contributed by atoms with E-state index >= 15 is 0 Å². The first kappa shape index (κ1) is 14.1. The molecule has 1 atom stereocenters. The van der Waals surface area contributed by atoms with E-state index in [0.29, 0.717) is 6.04 Å². The van der Waals surface area contributed by atoms with Crippen LogP contribution in [0.4, 0.5) is 0 Å². The van der Waals surface area contributed by atoms with Crippen molar-refractivity contribution >= 4 is 0 Å². The van der Waals surface area contributed by atoms with Gasteiger partial charge in [0.2, 0.25) is 0 Å². The van der Waals surface area contributed by atoms with E-state index in [4.69, 9.17) is 0 Å². The molecule has 2 heterocycles. The van der Waals surface area contributed by atoms with Gasteiger partial charge in [-0.25, -0.2) is 0 Å². The van der Waals surface area contributed by atoms with Crippen molar-refractivity contribution in [1.82, 2.24) is 20.0 Å². The molecule has 0 spiro atoms. The fraction of sp³-hybridized carbons (Fsp3) is 0.812. The lowest BCUT2D eigenvalue weighted by Gasteiger charge is -2.30. The summed E-state index contributed by atoms with van der Waals surface area (Å²) in [4.78, 5) is 2.45. The quantitative estimate of drug-likeness (QED) is 0.914. The number of aryl methyl sites for hydroxylation is 1. The number of fused-ring (bicyclic) bond motifs is 1. The Morgan fingerprint density at radius 2 is 2.05 bits per heavy atom. The summed E-state index contributed by atoms with van der Waals surface area (Å²) < 4.78 is 2.06. The van der Waals surface area contributed by atoms with Crippen LogP contribution >= 0.6 is 0 Å². The molecule has 1 aliphatic heterocycles.